The molecule has 0 aromatic carbocycles. The second kappa shape index (κ2) is 7.76. The average Bonchev–Trinajstić information content (AvgIpc) is 3.30. The summed E-state index contributed by atoms with van der Waals surface area (Å²) in [6.07, 6.45) is 9.36. The minimum absolute atomic E-state index is 0.0272. The lowest BCUT2D eigenvalue weighted by atomic mass is 9.85. The molecule has 1 saturated heterocycles. The number of likely N-dealkylation sites (tertiary alicyclic amines) is 1. The van der Waals surface area contributed by atoms with E-state index < -0.39 is 0 Å². The first-order chi connectivity index (χ1) is 12.7. The van der Waals surface area contributed by atoms with Crippen LogP contribution >= 0.6 is 0 Å². The number of rotatable bonds is 5. The first-order valence-electron chi connectivity index (χ1n) is 10.1. The quantitative estimate of drug-likeness (QED) is 0.871. The molecular weight excluding hydrogens is 332 g/mol. The molecule has 0 atom stereocenters. The second-order valence-electron chi connectivity index (χ2n) is 7.98. The van der Waals surface area contributed by atoms with Crippen LogP contribution in [0.4, 0.5) is 0 Å². The van der Waals surface area contributed by atoms with Gasteiger partial charge in [0, 0.05) is 30.8 Å². The summed E-state index contributed by atoms with van der Waals surface area (Å²) in [5, 5.41) is 6.89. The zero-order chi connectivity index (χ0) is 17.9. The van der Waals surface area contributed by atoms with Gasteiger partial charge in [-0.25, -0.2) is 0 Å². The Morgan fingerprint density at radius 3 is 2.38 bits per heavy atom. The van der Waals surface area contributed by atoms with Crippen molar-refractivity contribution in [3.63, 3.8) is 0 Å². The van der Waals surface area contributed by atoms with Gasteiger partial charge in [-0.05, 0) is 38.5 Å². The highest BCUT2D eigenvalue weighted by Crippen LogP contribution is 2.35. The van der Waals surface area contributed by atoms with Gasteiger partial charge >= 0.3 is 0 Å². The van der Waals surface area contributed by atoms with Crippen molar-refractivity contribution in [1.82, 2.24) is 20.4 Å². The Morgan fingerprint density at radius 2 is 1.73 bits per heavy atom. The minimum Gasteiger partial charge on any atom is -0.348 e. The number of nitrogens with one attached hydrogen (secondary N) is 1. The van der Waals surface area contributed by atoms with Crippen LogP contribution in [-0.4, -0.2) is 39.9 Å². The molecule has 0 radical (unpaired) electrons. The zero-order valence-electron chi connectivity index (χ0n) is 15.3. The van der Waals surface area contributed by atoms with Gasteiger partial charge in [0.1, 0.15) is 0 Å². The fourth-order valence-corrected chi connectivity index (χ4v) is 4.26. The van der Waals surface area contributed by atoms with Gasteiger partial charge in [0.05, 0.1) is 6.54 Å². The van der Waals surface area contributed by atoms with Gasteiger partial charge in [-0.2, -0.15) is 4.98 Å². The molecule has 142 valence electrons. The lowest BCUT2D eigenvalue weighted by Gasteiger charge is -2.33. The monoisotopic (exact) mass is 360 g/mol. The van der Waals surface area contributed by atoms with Crippen molar-refractivity contribution in [2.75, 3.05) is 13.1 Å². The van der Waals surface area contributed by atoms with Gasteiger partial charge in [-0.3, -0.25) is 9.59 Å². The van der Waals surface area contributed by atoms with Crippen molar-refractivity contribution in [1.29, 1.82) is 0 Å². The van der Waals surface area contributed by atoms with Crippen molar-refractivity contribution in [2.45, 2.75) is 70.3 Å². The first kappa shape index (κ1) is 17.5. The summed E-state index contributed by atoms with van der Waals surface area (Å²) in [4.78, 5) is 31.2. The Bertz CT molecular complexity index is 641. The third-order valence-corrected chi connectivity index (χ3v) is 6.24. The predicted octanol–water partition coefficient (Wildman–Crippen LogP) is 2.38. The first-order valence-corrected chi connectivity index (χ1v) is 10.1. The molecule has 2 heterocycles. The van der Waals surface area contributed by atoms with E-state index >= 15 is 0 Å². The molecular formula is C19H28N4O3. The summed E-state index contributed by atoms with van der Waals surface area (Å²) in [7, 11) is 0. The van der Waals surface area contributed by atoms with Crippen LogP contribution in [0, 0.1) is 11.8 Å². The third kappa shape index (κ3) is 3.76. The van der Waals surface area contributed by atoms with Gasteiger partial charge in [-0.1, -0.05) is 24.4 Å². The number of nitrogens with zero attached hydrogens (tertiary/aromatic N) is 3. The van der Waals surface area contributed by atoms with E-state index in [1.54, 1.807) is 0 Å². The summed E-state index contributed by atoms with van der Waals surface area (Å²) < 4.78 is 5.28. The van der Waals surface area contributed by atoms with Gasteiger partial charge in [0.25, 0.3) is 0 Å². The molecule has 0 unspecified atom stereocenters. The van der Waals surface area contributed by atoms with Crippen LogP contribution in [0.1, 0.15) is 75.4 Å². The van der Waals surface area contributed by atoms with Crippen molar-refractivity contribution in [2.24, 2.45) is 11.8 Å². The minimum atomic E-state index is -0.0272. The van der Waals surface area contributed by atoms with E-state index in [1.807, 2.05) is 4.90 Å². The number of hydrogen-bond acceptors (Lipinski definition) is 5. The lowest BCUT2D eigenvalue weighted by molar-refractivity contribution is -0.139. The molecule has 7 heteroatoms. The van der Waals surface area contributed by atoms with Crippen molar-refractivity contribution < 1.29 is 14.1 Å². The Hall–Kier alpha value is -1.92. The van der Waals surface area contributed by atoms with E-state index in [0.717, 1.165) is 38.5 Å². The van der Waals surface area contributed by atoms with Gasteiger partial charge in [0.15, 0.2) is 5.82 Å². The average molecular weight is 360 g/mol. The lowest BCUT2D eigenvalue weighted by Crippen LogP contribution is -2.44. The highest BCUT2D eigenvalue weighted by molar-refractivity contribution is 5.81. The molecule has 2 aliphatic carbocycles. The molecule has 1 N–H and O–H groups in total. The molecule has 2 saturated carbocycles. The Balaban J connectivity index is 1.21. The summed E-state index contributed by atoms with van der Waals surface area (Å²) in [6.45, 7) is 1.71. The Kier molecular flexibility index (Phi) is 5.22. The van der Waals surface area contributed by atoms with E-state index in [1.165, 1.54) is 19.3 Å². The topological polar surface area (TPSA) is 88.3 Å². The number of amides is 2. The standard InChI is InChI=1S/C19H28N4O3/c24-17(20-12-16-21-18(26-22-16)14-6-3-7-14)13-8-10-23(11-9-13)19(25)15-4-1-2-5-15/h13-15H,1-12H2,(H,20,24). The zero-order valence-corrected chi connectivity index (χ0v) is 15.3. The van der Waals surface area contributed by atoms with Gasteiger partial charge in [0.2, 0.25) is 17.7 Å². The van der Waals surface area contributed by atoms with Gasteiger partial charge < -0.3 is 14.7 Å². The number of carbonyl (C=O) groups is 2. The van der Waals surface area contributed by atoms with Crippen molar-refractivity contribution in [3.8, 4) is 0 Å². The molecule has 1 aliphatic heterocycles. The van der Waals surface area contributed by atoms with E-state index in [0.29, 0.717) is 43.2 Å². The van der Waals surface area contributed by atoms with Crippen molar-refractivity contribution >= 4 is 11.8 Å². The summed E-state index contributed by atoms with van der Waals surface area (Å²) in [6, 6.07) is 0. The molecule has 1 aromatic rings. The van der Waals surface area contributed by atoms with Crippen molar-refractivity contribution in [3.05, 3.63) is 11.7 Å². The molecule has 3 fully saturated rings. The predicted molar refractivity (Wildman–Crippen MR) is 94.0 cm³/mol. The van der Waals surface area contributed by atoms with E-state index in [9.17, 15) is 9.59 Å². The Morgan fingerprint density at radius 1 is 1.00 bits per heavy atom. The maximum atomic E-state index is 12.5. The van der Waals surface area contributed by atoms with Crippen LogP contribution in [0.5, 0.6) is 0 Å². The van der Waals surface area contributed by atoms with Crippen LogP contribution < -0.4 is 5.32 Å². The van der Waals surface area contributed by atoms with E-state index in [2.05, 4.69) is 15.5 Å². The third-order valence-electron chi connectivity index (χ3n) is 6.24. The van der Waals surface area contributed by atoms with Gasteiger partial charge in [-0.15, -0.1) is 0 Å². The molecule has 26 heavy (non-hydrogen) atoms. The molecule has 7 nitrogen and oxygen atoms in total. The fourth-order valence-electron chi connectivity index (χ4n) is 4.26. The summed E-state index contributed by atoms with van der Waals surface area (Å²) in [5.74, 6) is 2.20. The van der Waals surface area contributed by atoms with E-state index in [4.69, 9.17) is 4.52 Å². The van der Waals surface area contributed by atoms with Crippen LogP contribution in [0.3, 0.4) is 0 Å². The normalized spacial score (nSPS) is 22.4. The van der Waals surface area contributed by atoms with Crippen LogP contribution in [0.25, 0.3) is 0 Å². The highest BCUT2D eigenvalue weighted by atomic mass is 16.5. The molecule has 3 aliphatic rings. The maximum Gasteiger partial charge on any atom is 0.229 e. The SMILES string of the molecule is O=C(NCc1noc(C2CCC2)n1)C1CCN(C(=O)C2CCCC2)CC1. The molecule has 4 rings (SSSR count). The molecule has 0 bridgehead atoms. The maximum absolute atomic E-state index is 12.5. The Labute approximate surface area is 153 Å². The molecule has 1 aromatic heterocycles. The van der Waals surface area contributed by atoms with Crippen LogP contribution in [-0.2, 0) is 16.1 Å². The van der Waals surface area contributed by atoms with Crippen LogP contribution in [0.15, 0.2) is 4.52 Å². The largest absolute Gasteiger partial charge is 0.348 e. The fraction of sp³-hybridized carbons (Fsp3) is 0.789. The highest BCUT2D eigenvalue weighted by Gasteiger charge is 2.32. The smallest absolute Gasteiger partial charge is 0.229 e. The van der Waals surface area contributed by atoms with Crippen LogP contribution in [0.2, 0.25) is 0 Å². The second-order valence-corrected chi connectivity index (χ2v) is 7.98. The molecule has 0 spiro atoms. The summed E-state index contributed by atoms with van der Waals surface area (Å²) >= 11 is 0. The number of aromatic nitrogens is 2. The number of piperidine rings is 1. The molecule has 2 amide bonds. The number of hydrogen-bond donors (Lipinski definition) is 1. The summed E-state index contributed by atoms with van der Waals surface area (Å²) in [5.41, 5.74) is 0. The number of carbonyl (C=O) groups excluding carboxylic acids is 2. The van der Waals surface area contributed by atoms with E-state index in [-0.39, 0.29) is 17.7 Å².